The fraction of sp³-hybridized carbons (Fsp3) is 0.276. The van der Waals surface area contributed by atoms with E-state index in [1.54, 1.807) is 6.08 Å². The Morgan fingerprint density at radius 1 is 0.750 bits per heavy atom. The van der Waals surface area contributed by atoms with Crippen molar-refractivity contribution in [1.82, 2.24) is 0 Å². The van der Waals surface area contributed by atoms with Gasteiger partial charge in [0.2, 0.25) is 0 Å². The zero-order valence-electron chi connectivity index (χ0n) is 18.5. The van der Waals surface area contributed by atoms with Gasteiger partial charge in [-0.05, 0) is 29.5 Å². The molecule has 0 spiro atoms. The van der Waals surface area contributed by atoms with E-state index in [0.717, 1.165) is 48.7 Å². The van der Waals surface area contributed by atoms with Crippen LogP contribution in [0.1, 0.15) is 48.8 Å². The largest absolute Gasteiger partial charge is 0.392 e. The molecule has 0 bridgehead atoms. The van der Waals surface area contributed by atoms with E-state index in [9.17, 15) is 9.90 Å². The molecule has 1 N–H and O–H groups in total. The van der Waals surface area contributed by atoms with Crippen molar-refractivity contribution in [3.63, 3.8) is 0 Å². The maximum atomic E-state index is 10.6. The van der Waals surface area contributed by atoms with E-state index in [1.165, 1.54) is 0 Å². The Morgan fingerprint density at radius 2 is 1.25 bits per heavy atom. The molecule has 0 radical (unpaired) electrons. The number of unbranched alkanes of at least 4 members (excludes halogenated alkanes) is 3. The second-order valence-electron chi connectivity index (χ2n) is 7.85. The Hall–Kier alpha value is -3.01. The topological polar surface area (TPSA) is 46.5 Å². The van der Waals surface area contributed by atoms with Gasteiger partial charge in [-0.1, -0.05) is 116 Å². The molecule has 3 rings (SSSR count). The van der Waals surface area contributed by atoms with Crippen LogP contribution >= 0.6 is 0 Å². The fourth-order valence-electron chi connectivity index (χ4n) is 4.11. The number of hydrogen-bond donors (Lipinski definition) is 1. The first kappa shape index (κ1) is 23.6. The van der Waals surface area contributed by atoms with Crippen LogP contribution in [-0.2, 0) is 15.1 Å². The normalized spacial score (nSPS) is 12.7. The smallest absolute Gasteiger partial charge is 0.144 e. The summed E-state index contributed by atoms with van der Waals surface area (Å²) in [5.41, 5.74) is 2.37. The molecular weight excluding hydrogens is 396 g/mol. The van der Waals surface area contributed by atoms with E-state index < -0.39 is 5.60 Å². The molecule has 0 saturated heterocycles. The third kappa shape index (κ3) is 6.03. The van der Waals surface area contributed by atoms with E-state index >= 15 is 0 Å². The molecule has 0 saturated carbocycles. The van der Waals surface area contributed by atoms with Crippen molar-refractivity contribution in [3.05, 3.63) is 120 Å². The van der Waals surface area contributed by atoms with Gasteiger partial charge in [-0.15, -0.1) is 0 Å². The molecule has 3 aromatic carbocycles. The van der Waals surface area contributed by atoms with Crippen molar-refractivity contribution in [1.29, 1.82) is 0 Å². The summed E-state index contributed by atoms with van der Waals surface area (Å²) in [4.78, 5) is 10.6. The molecule has 3 nitrogen and oxygen atoms in total. The van der Waals surface area contributed by atoms with Gasteiger partial charge in [0.15, 0.2) is 0 Å². The van der Waals surface area contributed by atoms with E-state index in [1.807, 2.05) is 60.7 Å². The van der Waals surface area contributed by atoms with Gasteiger partial charge in [0, 0.05) is 6.42 Å². The molecule has 0 heterocycles. The van der Waals surface area contributed by atoms with Crippen molar-refractivity contribution >= 4 is 6.29 Å². The highest BCUT2D eigenvalue weighted by Crippen LogP contribution is 2.42. The van der Waals surface area contributed by atoms with Gasteiger partial charge < -0.3 is 14.6 Å². The predicted molar refractivity (Wildman–Crippen MR) is 129 cm³/mol. The minimum Gasteiger partial charge on any atom is -0.392 e. The summed E-state index contributed by atoms with van der Waals surface area (Å²) in [6.45, 7) is -0.0278. The number of aldehydes is 1. The predicted octanol–water partition coefficient (Wildman–Crippen LogP) is 6.06. The summed E-state index contributed by atoms with van der Waals surface area (Å²) in [6.07, 6.45) is 8.71. The highest BCUT2D eigenvalue weighted by molar-refractivity contribution is 5.49. The van der Waals surface area contributed by atoms with Crippen LogP contribution in [0.25, 0.3) is 0 Å². The van der Waals surface area contributed by atoms with Gasteiger partial charge in [0.1, 0.15) is 11.9 Å². The zero-order chi connectivity index (χ0) is 22.5. The molecule has 0 amide bonds. The van der Waals surface area contributed by atoms with Gasteiger partial charge in [0.05, 0.1) is 12.7 Å². The van der Waals surface area contributed by atoms with Crippen LogP contribution in [0, 0.1) is 0 Å². The van der Waals surface area contributed by atoms with E-state index in [-0.39, 0.29) is 12.7 Å². The molecule has 32 heavy (non-hydrogen) atoms. The Labute approximate surface area is 191 Å². The highest BCUT2D eigenvalue weighted by atomic mass is 16.5. The third-order valence-corrected chi connectivity index (χ3v) is 5.64. The molecule has 0 aromatic heterocycles. The van der Waals surface area contributed by atoms with E-state index in [2.05, 4.69) is 36.4 Å². The van der Waals surface area contributed by atoms with Crippen LogP contribution in [0.4, 0.5) is 0 Å². The molecule has 0 aliphatic heterocycles. The second kappa shape index (κ2) is 12.7. The number of benzene rings is 3. The van der Waals surface area contributed by atoms with Crippen molar-refractivity contribution in [3.8, 4) is 0 Å². The molecule has 1 unspecified atom stereocenters. The van der Waals surface area contributed by atoms with Gasteiger partial charge >= 0.3 is 0 Å². The van der Waals surface area contributed by atoms with Crippen LogP contribution in [-0.4, -0.2) is 24.1 Å². The molecule has 0 fully saturated rings. The summed E-state index contributed by atoms with van der Waals surface area (Å²) in [5.74, 6) is 0. The highest BCUT2D eigenvalue weighted by Gasteiger charge is 2.39. The monoisotopic (exact) mass is 428 g/mol. The Balaban J connectivity index is 2.06. The Bertz CT molecular complexity index is 839. The van der Waals surface area contributed by atoms with Crippen molar-refractivity contribution in [2.45, 2.75) is 43.8 Å². The maximum Gasteiger partial charge on any atom is 0.144 e. The molecule has 3 aromatic rings. The van der Waals surface area contributed by atoms with Crippen LogP contribution < -0.4 is 0 Å². The van der Waals surface area contributed by atoms with Crippen LogP contribution in [0.2, 0.25) is 0 Å². The maximum absolute atomic E-state index is 10.6. The lowest BCUT2D eigenvalue weighted by molar-refractivity contribution is -0.107. The minimum atomic E-state index is -0.795. The molecular formula is C29H32O3. The summed E-state index contributed by atoms with van der Waals surface area (Å²) in [7, 11) is 0. The molecule has 166 valence electrons. The number of aliphatic hydroxyl groups excluding tert-OH is 1. The van der Waals surface area contributed by atoms with Crippen LogP contribution in [0.5, 0.6) is 0 Å². The van der Waals surface area contributed by atoms with E-state index in [0.29, 0.717) is 6.42 Å². The van der Waals surface area contributed by atoms with Gasteiger partial charge in [-0.3, -0.25) is 0 Å². The summed E-state index contributed by atoms with van der Waals surface area (Å²) < 4.78 is 7.04. The van der Waals surface area contributed by atoms with Gasteiger partial charge in [-0.25, -0.2) is 0 Å². The molecule has 3 heteroatoms. The summed E-state index contributed by atoms with van der Waals surface area (Å²) in [5, 5.41) is 9.42. The zero-order valence-corrected chi connectivity index (χ0v) is 18.5. The Kier molecular flexibility index (Phi) is 9.42. The SMILES string of the molecule is O=CCCCCCC(/C=C/CO)OC(c1ccccc1)(c1ccccc1)c1ccccc1. The quantitative estimate of drug-likeness (QED) is 0.156. The number of hydrogen-bond acceptors (Lipinski definition) is 3. The van der Waals surface area contributed by atoms with Crippen molar-refractivity contribution < 1.29 is 14.6 Å². The molecule has 0 aliphatic carbocycles. The average molecular weight is 429 g/mol. The average Bonchev–Trinajstić information content (AvgIpc) is 2.87. The minimum absolute atomic E-state index is 0.0278. The first-order chi connectivity index (χ1) is 15.8. The van der Waals surface area contributed by atoms with Crippen LogP contribution in [0.3, 0.4) is 0 Å². The number of aliphatic hydroxyl groups is 1. The van der Waals surface area contributed by atoms with Crippen molar-refractivity contribution in [2.75, 3.05) is 6.61 Å². The summed E-state index contributed by atoms with van der Waals surface area (Å²) >= 11 is 0. The first-order valence-corrected chi connectivity index (χ1v) is 11.4. The van der Waals surface area contributed by atoms with Crippen LogP contribution in [0.15, 0.2) is 103 Å². The standard InChI is InChI=1S/C29H32O3/c30-23-13-2-1-12-21-28(22-14-24-31)32-29(25-15-6-3-7-16-25,26-17-8-4-9-18-26)27-19-10-5-11-20-27/h3-11,14-20,22-23,28,31H,1-2,12-13,21,24H2/b22-14+. The number of rotatable bonds is 13. The third-order valence-electron chi connectivity index (χ3n) is 5.64. The van der Waals surface area contributed by atoms with Crippen molar-refractivity contribution in [2.24, 2.45) is 0 Å². The second-order valence-corrected chi connectivity index (χ2v) is 7.85. The summed E-state index contributed by atoms with van der Waals surface area (Å²) in [6, 6.07) is 30.9. The fourth-order valence-corrected chi connectivity index (χ4v) is 4.11. The number of ether oxygens (including phenoxy) is 1. The first-order valence-electron chi connectivity index (χ1n) is 11.4. The van der Waals surface area contributed by atoms with Gasteiger partial charge in [0.25, 0.3) is 0 Å². The molecule has 1 atom stereocenters. The number of carbonyl (C=O) groups is 1. The lowest BCUT2D eigenvalue weighted by Gasteiger charge is -2.38. The molecule has 0 aliphatic rings. The lowest BCUT2D eigenvalue weighted by Crippen LogP contribution is -2.36. The van der Waals surface area contributed by atoms with Gasteiger partial charge in [-0.2, -0.15) is 0 Å². The van der Waals surface area contributed by atoms with E-state index in [4.69, 9.17) is 4.74 Å². The lowest BCUT2D eigenvalue weighted by atomic mass is 9.79. The number of carbonyl (C=O) groups excluding carboxylic acids is 1. The Morgan fingerprint density at radius 3 is 1.69 bits per heavy atom.